The highest BCUT2D eigenvalue weighted by Crippen LogP contribution is 2.19. The van der Waals surface area contributed by atoms with Crippen LogP contribution in [-0.4, -0.2) is 79.8 Å². The second-order valence-electron chi connectivity index (χ2n) is 18.8. The van der Waals surface area contributed by atoms with Crippen molar-refractivity contribution >= 4 is 52.9 Å². The molecule has 1 aromatic rings. The van der Waals surface area contributed by atoms with Crippen LogP contribution in [0.3, 0.4) is 0 Å². The molecule has 65 heavy (non-hydrogen) atoms. The minimum atomic E-state index is -1.11. The Bertz CT molecular complexity index is 1340. The van der Waals surface area contributed by atoms with Crippen LogP contribution in [0.2, 0.25) is 0 Å². The molecule has 2 atom stereocenters. The zero-order valence-electron chi connectivity index (χ0n) is 41.7. The van der Waals surface area contributed by atoms with E-state index in [9.17, 15) is 19.2 Å². The van der Waals surface area contributed by atoms with Crippen molar-refractivity contribution in [2.24, 2.45) is 0 Å². The number of esters is 3. The number of alkyl halides is 2. The number of benzene rings is 1. The van der Waals surface area contributed by atoms with E-state index in [1.54, 1.807) is 20.8 Å². The third-order valence-electron chi connectivity index (χ3n) is 11.5. The molecule has 0 bridgehead atoms. The molecule has 1 aromatic carbocycles. The molecular formula is C53H92Cl2N2O8. The molecule has 0 saturated heterocycles. The predicted octanol–water partition coefficient (Wildman–Crippen LogP) is 14.4. The van der Waals surface area contributed by atoms with Gasteiger partial charge in [0.2, 0.25) is 0 Å². The van der Waals surface area contributed by atoms with Gasteiger partial charge in [0, 0.05) is 49.8 Å². The van der Waals surface area contributed by atoms with Crippen molar-refractivity contribution in [3.05, 3.63) is 29.8 Å². The molecule has 1 unspecified atom stereocenters. The minimum Gasteiger partial charge on any atom is -0.462 e. The molecule has 376 valence electrons. The van der Waals surface area contributed by atoms with Crippen LogP contribution in [0.5, 0.6) is 0 Å². The summed E-state index contributed by atoms with van der Waals surface area (Å²) in [4.78, 5) is 54.6. The van der Waals surface area contributed by atoms with Crippen LogP contribution < -0.4 is 10.2 Å². The van der Waals surface area contributed by atoms with Gasteiger partial charge in [-0.25, -0.2) is 9.59 Å². The van der Waals surface area contributed by atoms with E-state index in [0.717, 1.165) is 49.8 Å². The minimum absolute atomic E-state index is 0.112. The maximum Gasteiger partial charge on any atom is 0.408 e. The molecule has 1 N–H and O–H groups in total. The molecule has 0 aliphatic rings. The molecule has 10 nitrogen and oxygen atoms in total. The van der Waals surface area contributed by atoms with Crippen molar-refractivity contribution in [1.82, 2.24) is 5.32 Å². The summed E-state index contributed by atoms with van der Waals surface area (Å²) >= 11 is 12.0. The van der Waals surface area contributed by atoms with Crippen molar-refractivity contribution in [2.75, 3.05) is 43.0 Å². The number of carbonyl (C=O) groups is 4. The summed E-state index contributed by atoms with van der Waals surface area (Å²) in [6.07, 6.45) is 30.2. The van der Waals surface area contributed by atoms with Crippen LogP contribution in [0.25, 0.3) is 0 Å². The van der Waals surface area contributed by atoms with Gasteiger partial charge in [0.05, 0.1) is 0 Å². The molecule has 0 saturated carbocycles. The number of hydrogen-bond acceptors (Lipinski definition) is 9. The van der Waals surface area contributed by atoms with Crippen molar-refractivity contribution in [3.8, 4) is 0 Å². The first-order valence-electron chi connectivity index (χ1n) is 25.9. The summed E-state index contributed by atoms with van der Waals surface area (Å²) in [7, 11) is 0. The molecule has 0 fully saturated rings. The fraction of sp³-hybridized carbons (Fsp3) is 0.811. The van der Waals surface area contributed by atoms with Gasteiger partial charge in [0.25, 0.3) is 0 Å². The second-order valence-corrected chi connectivity index (χ2v) is 19.6. The monoisotopic (exact) mass is 955 g/mol. The predicted molar refractivity (Wildman–Crippen MR) is 269 cm³/mol. The number of unbranched alkanes of at least 4 members (excludes halogenated alkanes) is 24. The molecule has 0 heterocycles. The smallest absolute Gasteiger partial charge is 0.408 e. The Hall–Kier alpha value is -2.72. The van der Waals surface area contributed by atoms with E-state index in [1.807, 2.05) is 24.3 Å². The normalized spacial score (nSPS) is 12.4. The van der Waals surface area contributed by atoms with E-state index in [-0.39, 0.29) is 38.4 Å². The number of halogens is 2. The SMILES string of the molecule is CCCCCCCCCCCCCCCC(=O)OCC(COC(=O)[C@H](Cc1ccc(N(CCCl)CCCl)cc1)NC(=O)OC(C)(C)C)OC(=O)CCCCCCCCCCCCCCC. The van der Waals surface area contributed by atoms with E-state index in [2.05, 4.69) is 24.1 Å². The van der Waals surface area contributed by atoms with Crippen molar-refractivity contribution in [2.45, 2.75) is 239 Å². The highest BCUT2D eigenvalue weighted by atomic mass is 35.5. The molecular weight excluding hydrogens is 863 g/mol. The van der Waals surface area contributed by atoms with Gasteiger partial charge >= 0.3 is 24.0 Å². The van der Waals surface area contributed by atoms with Crippen LogP contribution in [0.1, 0.15) is 220 Å². The molecule has 0 aliphatic heterocycles. The molecule has 1 rings (SSSR count). The number of alkyl carbamates (subject to hydrolysis) is 1. The van der Waals surface area contributed by atoms with E-state index >= 15 is 0 Å². The van der Waals surface area contributed by atoms with Crippen molar-refractivity contribution < 1.29 is 38.1 Å². The van der Waals surface area contributed by atoms with Crippen molar-refractivity contribution in [3.63, 3.8) is 0 Å². The fourth-order valence-electron chi connectivity index (χ4n) is 7.76. The Morgan fingerprint density at radius 3 is 1.38 bits per heavy atom. The standard InChI is InChI=1S/C53H92Cl2N2O8/c1-6-8-10-12-14-16-18-20-22-24-26-28-30-32-49(58)62-43-47(64-50(59)33-31-29-27-25-23-21-19-17-15-13-11-9-7-2)44-63-51(60)48(56-52(61)65-53(3,4)5)42-45-34-36-46(37-35-45)57(40-38-54)41-39-55/h34-37,47-48H,6-33,38-44H2,1-5H3,(H,56,61)/t47?,48-/m0/s1. The van der Waals surface area contributed by atoms with Gasteiger partial charge in [-0.3, -0.25) is 9.59 Å². The van der Waals surface area contributed by atoms with Gasteiger partial charge in [0.1, 0.15) is 24.9 Å². The fourth-order valence-corrected chi connectivity index (χ4v) is 8.17. The molecule has 12 heteroatoms. The summed E-state index contributed by atoms with van der Waals surface area (Å²) in [5.41, 5.74) is 0.908. The number of ether oxygens (including phenoxy) is 4. The van der Waals surface area contributed by atoms with E-state index in [4.69, 9.17) is 42.1 Å². The van der Waals surface area contributed by atoms with Gasteiger partial charge < -0.3 is 29.2 Å². The highest BCUT2D eigenvalue weighted by Gasteiger charge is 2.28. The zero-order chi connectivity index (χ0) is 47.8. The lowest BCUT2D eigenvalue weighted by Crippen LogP contribution is -2.46. The zero-order valence-corrected chi connectivity index (χ0v) is 43.2. The van der Waals surface area contributed by atoms with Gasteiger partial charge in [-0.15, -0.1) is 23.2 Å². The second kappa shape index (κ2) is 40.4. The molecule has 1 amide bonds. The third-order valence-corrected chi connectivity index (χ3v) is 11.9. The topological polar surface area (TPSA) is 120 Å². The summed E-state index contributed by atoms with van der Waals surface area (Å²) in [5.74, 6) is -0.647. The quantitative estimate of drug-likeness (QED) is 0.0295. The average molecular weight is 956 g/mol. The first kappa shape index (κ1) is 60.3. The van der Waals surface area contributed by atoms with Crippen LogP contribution >= 0.6 is 23.2 Å². The maximum atomic E-state index is 13.7. The van der Waals surface area contributed by atoms with Crippen LogP contribution in [0.4, 0.5) is 10.5 Å². The number of nitrogens with zero attached hydrogens (tertiary/aromatic N) is 1. The van der Waals surface area contributed by atoms with E-state index in [0.29, 0.717) is 31.3 Å². The van der Waals surface area contributed by atoms with E-state index < -0.39 is 35.8 Å². The summed E-state index contributed by atoms with van der Waals surface area (Å²) in [5, 5.41) is 2.67. The van der Waals surface area contributed by atoms with Gasteiger partial charge in [-0.2, -0.15) is 0 Å². The highest BCUT2D eigenvalue weighted by molar-refractivity contribution is 6.18. The Balaban J connectivity index is 2.80. The van der Waals surface area contributed by atoms with E-state index in [1.165, 1.54) is 122 Å². The third kappa shape index (κ3) is 35.1. The number of amides is 1. The van der Waals surface area contributed by atoms with Gasteiger partial charge in [-0.05, 0) is 51.3 Å². The number of carbonyl (C=O) groups excluding carboxylic acids is 4. The van der Waals surface area contributed by atoms with Crippen LogP contribution in [-0.2, 0) is 39.8 Å². The lowest BCUT2D eigenvalue weighted by atomic mass is 10.0. The number of hydrogen-bond donors (Lipinski definition) is 1. The summed E-state index contributed by atoms with van der Waals surface area (Å²) in [6, 6.07) is 6.48. The van der Waals surface area contributed by atoms with Gasteiger partial charge in [0.15, 0.2) is 6.10 Å². The molecule has 0 radical (unpaired) electrons. The molecule has 0 aromatic heterocycles. The first-order valence-corrected chi connectivity index (χ1v) is 27.0. The maximum absolute atomic E-state index is 13.7. The van der Waals surface area contributed by atoms with Crippen LogP contribution in [0, 0.1) is 0 Å². The Labute approximate surface area is 406 Å². The summed E-state index contributed by atoms with van der Waals surface area (Å²) in [6.45, 7) is 10.4. The number of nitrogens with one attached hydrogen (secondary N) is 1. The lowest BCUT2D eigenvalue weighted by Gasteiger charge is -2.25. The Morgan fingerprint density at radius 1 is 0.569 bits per heavy atom. The lowest BCUT2D eigenvalue weighted by molar-refractivity contribution is -0.167. The summed E-state index contributed by atoms with van der Waals surface area (Å²) < 4.78 is 22.6. The Morgan fingerprint density at radius 2 is 0.969 bits per heavy atom. The van der Waals surface area contributed by atoms with Gasteiger partial charge in [-0.1, -0.05) is 180 Å². The molecule has 0 aliphatic carbocycles. The average Bonchev–Trinajstić information content (AvgIpc) is 3.27. The number of anilines is 1. The largest absolute Gasteiger partial charge is 0.462 e. The number of rotatable bonds is 42. The Kier molecular flexibility index (Phi) is 37.4. The first-order chi connectivity index (χ1) is 31.4. The molecule has 0 spiro atoms. The van der Waals surface area contributed by atoms with Crippen molar-refractivity contribution in [1.29, 1.82) is 0 Å². The van der Waals surface area contributed by atoms with Crippen LogP contribution in [0.15, 0.2) is 24.3 Å².